The standard InChI is InChI=1S/C14H22N4OS/c1-4-10-9-11-12(18(6-3)7-8-19)16-14(15-5-2)17-13(11)20-10/h9,19H,4-8H2,1-3H3,(H,15,16,17). The van der Waals surface area contributed by atoms with E-state index in [-0.39, 0.29) is 6.61 Å². The summed E-state index contributed by atoms with van der Waals surface area (Å²) in [5, 5.41) is 13.5. The van der Waals surface area contributed by atoms with Crippen molar-refractivity contribution in [1.29, 1.82) is 0 Å². The van der Waals surface area contributed by atoms with Crippen LogP contribution < -0.4 is 10.2 Å². The van der Waals surface area contributed by atoms with Crippen LogP contribution in [-0.2, 0) is 6.42 Å². The highest BCUT2D eigenvalue weighted by atomic mass is 32.1. The molecule has 0 spiro atoms. The van der Waals surface area contributed by atoms with Crippen molar-refractivity contribution >= 4 is 33.3 Å². The van der Waals surface area contributed by atoms with Crippen molar-refractivity contribution in [2.75, 3.05) is 36.5 Å². The molecule has 2 heterocycles. The lowest BCUT2D eigenvalue weighted by Gasteiger charge is -2.22. The third kappa shape index (κ3) is 3.02. The van der Waals surface area contributed by atoms with Gasteiger partial charge in [-0.05, 0) is 26.3 Å². The molecule has 2 rings (SSSR count). The maximum absolute atomic E-state index is 9.23. The summed E-state index contributed by atoms with van der Waals surface area (Å²) in [4.78, 5) is 13.6. The smallest absolute Gasteiger partial charge is 0.226 e. The number of aliphatic hydroxyl groups is 1. The number of aliphatic hydroxyl groups excluding tert-OH is 1. The Balaban J connectivity index is 2.55. The number of anilines is 2. The van der Waals surface area contributed by atoms with Crippen LogP contribution in [0, 0.1) is 0 Å². The van der Waals surface area contributed by atoms with Crippen LogP contribution in [0.5, 0.6) is 0 Å². The molecule has 2 N–H and O–H groups in total. The molecule has 0 unspecified atom stereocenters. The fourth-order valence-electron chi connectivity index (χ4n) is 2.14. The molecular weight excluding hydrogens is 272 g/mol. The first-order valence-electron chi connectivity index (χ1n) is 7.13. The number of fused-ring (bicyclic) bond motifs is 1. The minimum atomic E-state index is 0.126. The average Bonchev–Trinajstić information content (AvgIpc) is 2.87. The summed E-state index contributed by atoms with van der Waals surface area (Å²) in [7, 11) is 0. The molecule has 2 aromatic heterocycles. The summed E-state index contributed by atoms with van der Waals surface area (Å²) >= 11 is 1.72. The first-order valence-corrected chi connectivity index (χ1v) is 7.95. The van der Waals surface area contributed by atoms with Gasteiger partial charge in [-0.15, -0.1) is 11.3 Å². The molecule has 2 aromatic rings. The molecular formula is C14H22N4OS. The van der Waals surface area contributed by atoms with Crippen LogP contribution in [0.25, 0.3) is 10.2 Å². The molecule has 0 saturated heterocycles. The second-order valence-electron chi connectivity index (χ2n) is 4.49. The van der Waals surface area contributed by atoms with Crippen LogP contribution in [0.4, 0.5) is 11.8 Å². The minimum Gasteiger partial charge on any atom is -0.395 e. The Labute approximate surface area is 123 Å². The Morgan fingerprint density at radius 1 is 1.30 bits per heavy atom. The maximum atomic E-state index is 9.23. The van der Waals surface area contributed by atoms with E-state index < -0.39 is 0 Å². The Kier molecular flexibility index (Phi) is 5.14. The molecule has 0 aromatic carbocycles. The van der Waals surface area contributed by atoms with Crippen LogP contribution in [-0.4, -0.2) is 41.3 Å². The van der Waals surface area contributed by atoms with Crippen molar-refractivity contribution in [2.45, 2.75) is 27.2 Å². The lowest BCUT2D eigenvalue weighted by Crippen LogP contribution is -2.27. The number of nitrogens with zero attached hydrogens (tertiary/aromatic N) is 3. The summed E-state index contributed by atoms with van der Waals surface area (Å²) in [6.45, 7) is 8.58. The van der Waals surface area contributed by atoms with Gasteiger partial charge < -0.3 is 15.3 Å². The van der Waals surface area contributed by atoms with Crippen LogP contribution >= 0.6 is 11.3 Å². The molecule has 0 aliphatic heterocycles. The van der Waals surface area contributed by atoms with Gasteiger partial charge in [-0.2, -0.15) is 4.98 Å². The monoisotopic (exact) mass is 294 g/mol. The van der Waals surface area contributed by atoms with Crippen molar-refractivity contribution in [2.24, 2.45) is 0 Å². The number of hydrogen-bond acceptors (Lipinski definition) is 6. The summed E-state index contributed by atoms with van der Waals surface area (Å²) in [5.41, 5.74) is 0. The molecule has 0 saturated carbocycles. The number of hydrogen-bond donors (Lipinski definition) is 2. The summed E-state index contributed by atoms with van der Waals surface area (Å²) in [6.07, 6.45) is 1.00. The number of thiophene rings is 1. The zero-order valence-corrected chi connectivity index (χ0v) is 13.1. The van der Waals surface area contributed by atoms with Gasteiger partial charge in [0, 0.05) is 24.5 Å². The number of aromatic nitrogens is 2. The van der Waals surface area contributed by atoms with Gasteiger partial charge in [0.05, 0.1) is 12.0 Å². The van der Waals surface area contributed by atoms with E-state index in [4.69, 9.17) is 0 Å². The summed E-state index contributed by atoms with van der Waals surface area (Å²) in [5.74, 6) is 1.58. The predicted octanol–water partition coefficient (Wildman–Crippen LogP) is 2.50. The topological polar surface area (TPSA) is 61.3 Å². The van der Waals surface area contributed by atoms with Crippen LogP contribution in [0.3, 0.4) is 0 Å². The molecule has 0 aliphatic carbocycles. The SMILES string of the molecule is CCNc1nc(N(CC)CCO)c2cc(CC)sc2n1. The quantitative estimate of drug-likeness (QED) is 0.821. The third-order valence-electron chi connectivity index (χ3n) is 3.16. The molecule has 6 heteroatoms. The van der Waals surface area contributed by atoms with Gasteiger partial charge in [0.2, 0.25) is 5.95 Å². The van der Waals surface area contributed by atoms with Crippen LogP contribution in [0.1, 0.15) is 25.6 Å². The zero-order valence-electron chi connectivity index (χ0n) is 12.3. The maximum Gasteiger partial charge on any atom is 0.226 e. The van der Waals surface area contributed by atoms with Crippen molar-refractivity contribution in [3.8, 4) is 0 Å². The number of aryl methyl sites for hydroxylation is 1. The Hall–Kier alpha value is -1.40. The third-order valence-corrected chi connectivity index (χ3v) is 4.33. The van der Waals surface area contributed by atoms with E-state index in [1.165, 1.54) is 4.88 Å². The number of rotatable bonds is 7. The van der Waals surface area contributed by atoms with Crippen molar-refractivity contribution in [1.82, 2.24) is 9.97 Å². The largest absolute Gasteiger partial charge is 0.395 e. The fraction of sp³-hybridized carbons (Fsp3) is 0.571. The minimum absolute atomic E-state index is 0.126. The van der Waals surface area contributed by atoms with Crippen LogP contribution in [0.2, 0.25) is 0 Å². The van der Waals surface area contributed by atoms with Crippen molar-refractivity contribution in [3.63, 3.8) is 0 Å². The van der Waals surface area contributed by atoms with Crippen molar-refractivity contribution < 1.29 is 5.11 Å². The van der Waals surface area contributed by atoms with E-state index in [9.17, 15) is 5.11 Å². The van der Waals surface area contributed by atoms with Crippen LogP contribution in [0.15, 0.2) is 6.07 Å². The Morgan fingerprint density at radius 3 is 2.70 bits per heavy atom. The zero-order chi connectivity index (χ0) is 14.5. The van der Waals surface area contributed by atoms with Crippen molar-refractivity contribution in [3.05, 3.63) is 10.9 Å². The van der Waals surface area contributed by atoms with Gasteiger partial charge in [0.1, 0.15) is 10.6 Å². The number of likely N-dealkylation sites (N-methyl/N-ethyl adjacent to an activating group) is 1. The van der Waals surface area contributed by atoms with Gasteiger partial charge in [-0.25, -0.2) is 4.98 Å². The lowest BCUT2D eigenvalue weighted by molar-refractivity contribution is 0.302. The second-order valence-corrected chi connectivity index (χ2v) is 5.60. The predicted molar refractivity (Wildman–Crippen MR) is 85.9 cm³/mol. The van der Waals surface area contributed by atoms with Gasteiger partial charge in [0.25, 0.3) is 0 Å². The fourth-order valence-corrected chi connectivity index (χ4v) is 3.10. The van der Waals surface area contributed by atoms with Gasteiger partial charge in [-0.1, -0.05) is 6.92 Å². The molecule has 0 radical (unpaired) electrons. The Morgan fingerprint density at radius 2 is 2.10 bits per heavy atom. The van der Waals surface area contributed by atoms with E-state index in [2.05, 4.69) is 40.1 Å². The van der Waals surface area contributed by atoms with E-state index in [0.29, 0.717) is 12.5 Å². The average molecular weight is 294 g/mol. The lowest BCUT2D eigenvalue weighted by atomic mass is 10.3. The highest BCUT2D eigenvalue weighted by molar-refractivity contribution is 7.18. The number of nitrogens with one attached hydrogen (secondary N) is 1. The first kappa shape index (κ1) is 15.0. The van der Waals surface area contributed by atoms with E-state index >= 15 is 0 Å². The normalized spacial score (nSPS) is 11.0. The molecule has 0 amide bonds. The first-order chi connectivity index (χ1) is 9.73. The highest BCUT2D eigenvalue weighted by Gasteiger charge is 2.15. The highest BCUT2D eigenvalue weighted by Crippen LogP contribution is 2.32. The van der Waals surface area contributed by atoms with Gasteiger partial charge in [-0.3, -0.25) is 0 Å². The molecule has 110 valence electrons. The van der Waals surface area contributed by atoms with Gasteiger partial charge in [0.15, 0.2) is 0 Å². The molecule has 20 heavy (non-hydrogen) atoms. The summed E-state index contributed by atoms with van der Waals surface area (Å²) < 4.78 is 0. The summed E-state index contributed by atoms with van der Waals surface area (Å²) in [6, 6.07) is 2.17. The molecule has 0 bridgehead atoms. The van der Waals surface area contributed by atoms with Gasteiger partial charge >= 0.3 is 0 Å². The van der Waals surface area contributed by atoms with E-state index in [1.54, 1.807) is 11.3 Å². The molecule has 0 aliphatic rings. The second kappa shape index (κ2) is 6.85. The van der Waals surface area contributed by atoms with E-state index in [1.807, 2.05) is 6.92 Å². The Bertz CT molecular complexity index is 570. The van der Waals surface area contributed by atoms with E-state index in [0.717, 1.165) is 35.5 Å². The molecule has 0 fully saturated rings. The molecule has 0 atom stereocenters. The molecule has 5 nitrogen and oxygen atoms in total.